The second kappa shape index (κ2) is 3.77. The fraction of sp³-hybridized carbons (Fsp3) is 0.545. The molecule has 0 bridgehead atoms. The minimum atomic E-state index is -0.141. The molecule has 13 heavy (non-hydrogen) atoms. The van der Waals surface area contributed by atoms with Crippen LogP contribution in [0.3, 0.4) is 0 Å². The van der Waals surface area contributed by atoms with E-state index in [2.05, 4.69) is 30.7 Å². The molecule has 1 unspecified atom stereocenters. The Morgan fingerprint density at radius 3 is 2.69 bits per heavy atom. The fourth-order valence-electron chi connectivity index (χ4n) is 1.47. The molecule has 0 spiro atoms. The van der Waals surface area contributed by atoms with Crippen molar-refractivity contribution in [2.75, 3.05) is 7.11 Å². The van der Waals surface area contributed by atoms with Crippen molar-refractivity contribution in [2.45, 2.75) is 20.3 Å². The normalized spacial score (nSPS) is 24.4. The van der Waals surface area contributed by atoms with Crippen LogP contribution in [-0.4, -0.2) is 13.1 Å². The van der Waals surface area contributed by atoms with Gasteiger partial charge in [0.25, 0.3) is 0 Å². The lowest BCUT2D eigenvalue weighted by Crippen LogP contribution is -2.24. The number of methoxy groups -OCH3 is 1. The van der Waals surface area contributed by atoms with Gasteiger partial charge in [0.1, 0.15) is 0 Å². The van der Waals surface area contributed by atoms with Crippen LogP contribution in [0.5, 0.6) is 0 Å². The summed E-state index contributed by atoms with van der Waals surface area (Å²) in [4.78, 5) is 11.1. The van der Waals surface area contributed by atoms with Crippen LogP contribution in [0, 0.1) is 11.3 Å². The zero-order chi connectivity index (χ0) is 9.90. The first-order valence-corrected chi connectivity index (χ1v) is 4.49. The maximum absolute atomic E-state index is 11.1. The van der Waals surface area contributed by atoms with Gasteiger partial charge in [0.05, 0.1) is 13.5 Å². The fourth-order valence-corrected chi connectivity index (χ4v) is 1.47. The lowest BCUT2D eigenvalue weighted by Gasteiger charge is -2.30. The van der Waals surface area contributed by atoms with E-state index in [0.29, 0.717) is 6.42 Å². The second-order valence-corrected chi connectivity index (χ2v) is 3.95. The minimum absolute atomic E-state index is 0.0585. The molecule has 0 aromatic rings. The van der Waals surface area contributed by atoms with Crippen molar-refractivity contribution in [3.05, 3.63) is 24.3 Å². The van der Waals surface area contributed by atoms with Gasteiger partial charge in [-0.25, -0.2) is 0 Å². The summed E-state index contributed by atoms with van der Waals surface area (Å²) in [7, 11) is 1.43. The highest BCUT2D eigenvalue weighted by molar-refractivity contribution is 5.70. The van der Waals surface area contributed by atoms with Crippen molar-refractivity contribution in [3.8, 4) is 0 Å². The van der Waals surface area contributed by atoms with Crippen LogP contribution in [0.25, 0.3) is 0 Å². The topological polar surface area (TPSA) is 26.3 Å². The first kappa shape index (κ1) is 10.0. The summed E-state index contributed by atoms with van der Waals surface area (Å²) in [5.74, 6) is 0.114. The van der Waals surface area contributed by atoms with Gasteiger partial charge in [-0.1, -0.05) is 38.2 Å². The number of carbonyl (C=O) groups is 1. The number of allylic oxidation sites excluding steroid dienone is 4. The van der Waals surface area contributed by atoms with Gasteiger partial charge in [-0.15, -0.1) is 0 Å². The van der Waals surface area contributed by atoms with E-state index in [1.807, 2.05) is 12.2 Å². The van der Waals surface area contributed by atoms with Gasteiger partial charge in [-0.05, 0) is 11.3 Å². The predicted molar refractivity (Wildman–Crippen MR) is 52.2 cm³/mol. The van der Waals surface area contributed by atoms with E-state index in [1.54, 1.807) is 0 Å². The maximum Gasteiger partial charge on any atom is 0.306 e. The Morgan fingerprint density at radius 2 is 2.15 bits per heavy atom. The summed E-state index contributed by atoms with van der Waals surface area (Å²) in [6, 6.07) is 0. The molecular weight excluding hydrogens is 164 g/mol. The Labute approximate surface area is 79.3 Å². The highest BCUT2D eigenvalue weighted by atomic mass is 16.5. The standard InChI is InChI=1S/C11H16O2/c1-11(2)7-5-4-6-9(11)8-10(12)13-3/h4-7,9H,8H2,1-3H3. The van der Waals surface area contributed by atoms with E-state index < -0.39 is 0 Å². The number of rotatable bonds is 2. The number of hydrogen-bond donors (Lipinski definition) is 0. The van der Waals surface area contributed by atoms with Crippen molar-refractivity contribution in [2.24, 2.45) is 11.3 Å². The van der Waals surface area contributed by atoms with Gasteiger partial charge in [0.2, 0.25) is 0 Å². The molecule has 72 valence electrons. The molecule has 0 aromatic heterocycles. The Balaban J connectivity index is 2.64. The third kappa shape index (κ3) is 2.44. The molecule has 0 saturated heterocycles. The van der Waals surface area contributed by atoms with Crippen LogP contribution in [0.2, 0.25) is 0 Å². The first-order chi connectivity index (χ1) is 6.06. The predicted octanol–water partition coefficient (Wildman–Crippen LogP) is 2.32. The van der Waals surface area contributed by atoms with Crippen molar-refractivity contribution in [1.29, 1.82) is 0 Å². The molecule has 2 heteroatoms. The molecule has 1 aliphatic rings. The van der Waals surface area contributed by atoms with Crippen LogP contribution in [-0.2, 0) is 9.53 Å². The first-order valence-electron chi connectivity index (χ1n) is 4.49. The molecule has 0 amide bonds. The van der Waals surface area contributed by atoms with Gasteiger partial charge >= 0.3 is 5.97 Å². The van der Waals surface area contributed by atoms with Crippen LogP contribution < -0.4 is 0 Å². The molecule has 0 fully saturated rings. The second-order valence-electron chi connectivity index (χ2n) is 3.95. The minimum Gasteiger partial charge on any atom is -0.469 e. The van der Waals surface area contributed by atoms with E-state index in [4.69, 9.17) is 0 Å². The summed E-state index contributed by atoms with van der Waals surface area (Å²) in [5.41, 5.74) is 0.0585. The number of carbonyl (C=O) groups excluding carboxylic acids is 1. The molecule has 0 aliphatic heterocycles. The molecule has 0 N–H and O–H groups in total. The number of hydrogen-bond acceptors (Lipinski definition) is 2. The molecule has 0 heterocycles. The molecule has 2 nitrogen and oxygen atoms in total. The maximum atomic E-state index is 11.1. The van der Waals surface area contributed by atoms with E-state index in [9.17, 15) is 4.79 Å². The summed E-state index contributed by atoms with van der Waals surface area (Å²) < 4.78 is 4.65. The largest absolute Gasteiger partial charge is 0.469 e. The van der Waals surface area contributed by atoms with Crippen LogP contribution in [0.4, 0.5) is 0 Å². The van der Waals surface area contributed by atoms with E-state index in [-0.39, 0.29) is 17.3 Å². The van der Waals surface area contributed by atoms with Gasteiger partial charge < -0.3 is 4.74 Å². The zero-order valence-corrected chi connectivity index (χ0v) is 8.41. The van der Waals surface area contributed by atoms with Crippen LogP contribution >= 0.6 is 0 Å². The third-order valence-electron chi connectivity index (χ3n) is 2.55. The average Bonchev–Trinajstić information content (AvgIpc) is 2.08. The summed E-state index contributed by atoms with van der Waals surface area (Å²) in [5, 5.41) is 0. The van der Waals surface area contributed by atoms with E-state index in [0.717, 1.165) is 0 Å². The quantitative estimate of drug-likeness (QED) is 0.609. The third-order valence-corrected chi connectivity index (χ3v) is 2.55. The van der Waals surface area contributed by atoms with Gasteiger partial charge in [0.15, 0.2) is 0 Å². The van der Waals surface area contributed by atoms with Crippen molar-refractivity contribution < 1.29 is 9.53 Å². The van der Waals surface area contributed by atoms with Crippen LogP contribution in [0.1, 0.15) is 20.3 Å². The Morgan fingerprint density at radius 1 is 1.46 bits per heavy atom. The summed E-state index contributed by atoms with van der Waals surface area (Å²) >= 11 is 0. The Bertz CT molecular complexity index is 249. The van der Waals surface area contributed by atoms with Gasteiger partial charge in [0, 0.05) is 0 Å². The highest BCUT2D eigenvalue weighted by Gasteiger charge is 2.28. The van der Waals surface area contributed by atoms with Gasteiger partial charge in [-0.3, -0.25) is 4.79 Å². The Hall–Kier alpha value is -1.05. The van der Waals surface area contributed by atoms with Gasteiger partial charge in [-0.2, -0.15) is 0 Å². The average molecular weight is 180 g/mol. The smallest absolute Gasteiger partial charge is 0.306 e. The SMILES string of the molecule is COC(=O)CC1C=CC=CC1(C)C. The highest BCUT2D eigenvalue weighted by Crippen LogP contribution is 2.34. The molecule has 1 aliphatic carbocycles. The molecule has 1 rings (SSSR count). The summed E-state index contributed by atoms with van der Waals surface area (Å²) in [6.07, 6.45) is 8.66. The number of esters is 1. The van der Waals surface area contributed by atoms with Crippen LogP contribution in [0.15, 0.2) is 24.3 Å². The van der Waals surface area contributed by atoms with Crippen molar-refractivity contribution in [3.63, 3.8) is 0 Å². The zero-order valence-electron chi connectivity index (χ0n) is 8.41. The van der Waals surface area contributed by atoms with E-state index >= 15 is 0 Å². The Kier molecular flexibility index (Phi) is 2.91. The van der Waals surface area contributed by atoms with Crippen molar-refractivity contribution in [1.82, 2.24) is 0 Å². The monoisotopic (exact) mass is 180 g/mol. The van der Waals surface area contributed by atoms with E-state index in [1.165, 1.54) is 7.11 Å². The van der Waals surface area contributed by atoms with Crippen molar-refractivity contribution >= 4 is 5.97 Å². The molecular formula is C11H16O2. The molecule has 0 radical (unpaired) electrons. The lowest BCUT2D eigenvalue weighted by molar-refractivity contribution is -0.142. The lowest BCUT2D eigenvalue weighted by atomic mass is 9.74. The summed E-state index contributed by atoms with van der Waals surface area (Å²) in [6.45, 7) is 4.25. The number of ether oxygens (including phenoxy) is 1. The molecule has 0 aromatic carbocycles. The molecule has 0 saturated carbocycles. The molecule has 1 atom stereocenters.